The monoisotopic (exact) mass is 442 g/mol. The molecule has 2 aromatic rings. The van der Waals surface area contributed by atoms with Crippen LogP contribution in [0.1, 0.15) is 62.7 Å². The molecule has 0 bridgehead atoms. The molecule has 7 heteroatoms. The van der Waals surface area contributed by atoms with E-state index in [1.54, 1.807) is 22.8 Å². The van der Waals surface area contributed by atoms with Gasteiger partial charge in [-0.3, -0.25) is 14.2 Å². The van der Waals surface area contributed by atoms with Gasteiger partial charge in [0.15, 0.2) is 4.77 Å². The summed E-state index contributed by atoms with van der Waals surface area (Å²) in [5.41, 5.74) is 2.46. The molecule has 0 saturated heterocycles. The molecule has 1 aliphatic carbocycles. The maximum Gasteiger partial charge on any atom is 0.262 e. The normalized spacial score (nSPS) is 14.1. The van der Waals surface area contributed by atoms with Crippen molar-refractivity contribution in [3.05, 3.63) is 50.5 Å². The van der Waals surface area contributed by atoms with E-state index in [0.717, 1.165) is 45.3 Å². The van der Waals surface area contributed by atoms with Crippen molar-refractivity contribution in [2.24, 2.45) is 0 Å². The van der Waals surface area contributed by atoms with Crippen LogP contribution in [0.2, 0.25) is 0 Å². The Kier molecular flexibility index (Phi) is 8.60. The van der Waals surface area contributed by atoms with Crippen molar-refractivity contribution in [2.75, 3.05) is 26.2 Å². The number of aromatic nitrogens is 2. The van der Waals surface area contributed by atoms with Gasteiger partial charge < -0.3 is 15.2 Å². The Morgan fingerprint density at radius 1 is 1.26 bits per heavy atom. The first-order chi connectivity index (χ1) is 15.0. The summed E-state index contributed by atoms with van der Waals surface area (Å²) in [7, 11) is 0. The Labute approximate surface area is 189 Å². The van der Waals surface area contributed by atoms with Crippen molar-refractivity contribution in [1.82, 2.24) is 19.8 Å². The van der Waals surface area contributed by atoms with Crippen molar-refractivity contribution in [1.29, 1.82) is 0 Å². The van der Waals surface area contributed by atoms with Gasteiger partial charge in [-0.05, 0) is 88.6 Å². The first kappa shape index (κ1) is 23.4. The summed E-state index contributed by atoms with van der Waals surface area (Å²) in [6.07, 6.45) is 8.80. The second-order valence-corrected chi connectivity index (χ2v) is 8.53. The van der Waals surface area contributed by atoms with Crippen molar-refractivity contribution >= 4 is 29.0 Å². The molecular formula is C24H34N4O2S. The number of hydrogen-bond acceptors (Lipinski definition) is 4. The Morgan fingerprint density at radius 2 is 2.06 bits per heavy atom. The zero-order chi connectivity index (χ0) is 22.2. The SMILES string of the molecule is CCN(CC)CCCNC(=O)c1ccc2c(=O)n(CCC3=CCCCC3)c(=S)[nH]c2c1. The number of nitrogens with one attached hydrogen (secondary N) is 2. The first-order valence-electron chi connectivity index (χ1n) is 11.5. The van der Waals surface area contributed by atoms with Gasteiger partial charge in [0.05, 0.1) is 10.9 Å². The maximum atomic E-state index is 13.0. The molecule has 2 N–H and O–H groups in total. The lowest BCUT2D eigenvalue weighted by Crippen LogP contribution is -2.30. The molecule has 0 radical (unpaired) electrons. The van der Waals surface area contributed by atoms with Crippen LogP contribution in [0.15, 0.2) is 34.6 Å². The second kappa shape index (κ2) is 11.4. The molecule has 168 valence electrons. The number of H-pyrrole nitrogens is 1. The maximum absolute atomic E-state index is 13.0. The highest BCUT2D eigenvalue weighted by atomic mass is 32.1. The first-order valence-corrected chi connectivity index (χ1v) is 11.9. The molecule has 1 amide bonds. The predicted octanol–water partition coefficient (Wildman–Crippen LogP) is 4.41. The fourth-order valence-electron chi connectivity index (χ4n) is 4.13. The Hall–Kier alpha value is -2.25. The van der Waals surface area contributed by atoms with Crippen molar-refractivity contribution in [3.8, 4) is 0 Å². The van der Waals surface area contributed by atoms with Crippen LogP contribution < -0.4 is 10.9 Å². The molecule has 1 aromatic heterocycles. The third-order valence-corrected chi connectivity index (χ3v) is 6.44. The Bertz CT molecular complexity index is 1050. The third kappa shape index (κ3) is 6.14. The van der Waals surface area contributed by atoms with Gasteiger partial charge in [0.1, 0.15) is 0 Å². The summed E-state index contributed by atoms with van der Waals surface area (Å²) in [6.45, 7) is 8.50. The third-order valence-electron chi connectivity index (χ3n) is 6.12. The minimum absolute atomic E-state index is 0.0960. The Morgan fingerprint density at radius 3 is 2.77 bits per heavy atom. The molecular weight excluding hydrogens is 408 g/mol. The van der Waals surface area contributed by atoms with Gasteiger partial charge >= 0.3 is 0 Å². The molecule has 0 spiro atoms. The Balaban J connectivity index is 1.68. The molecule has 1 aliphatic rings. The topological polar surface area (TPSA) is 70.1 Å². The smallest absolute Gasteiger partial charge is 0.262 e. The van der Waals surface area contributed by atoms with Crippen LogP contribution in [0.25, 0.3) is 10.9 Å². The minimum Gasteiger partial charge on any atom is -0.352 e. The van der Waals surface area contributed by atoms with E-state index in [1.807, 2.05) is 0 Å². The van der Waals surface area contributed by atoms with Crippen LogP contribution in [-0.4, -0.2) is 46.5 Å². The minimum atomic E-state index is -0.130. The number of hydrogen-bond donors (Lipinski definition) is 2. The van der Waals surface area contributed by atoms with Crippen LogP contribution in [0.3, 0.4) is 0 Å². The van der Waals surface area contributed by atoms with Crippen molar-refractivity contribution in [3.63, 3.8) is 0 Å². The number of fused-ring (bicyclic) bond motifs is 1. The van der Waals surface area contributed by atoms with Gasteiger partial charge in [-0.1, -0.05) is 25.5 Å². The lowest BCUT2D eigenvalue weighted by Gasteiger charge is -2.17. The summed E-state index contributed by atoms with van der Waals surface area (Å²) >= 11 is 5.46. The van der Waals surface area contributed by atoms with E-state index in [9.17, 15) is 9.59 Å². The lowest BCUT2D eigenvalue weighted by atomic mass is 9.97. The zero-order valence-corrected chi connectivity index (χ0v) is 19.5. The molecule has 0 unspecified atom stereocenters. The number of benzene rings is 1. The van der Waals surface area contributed by atoms with Crippen molar-refractivity contribution in [2.45, 2.75) is 58.9 Å². The molecule has 0 atom stereocenters. The molecule has 6 nitrogen and oxygen atoms in total. The van der Waals surface area contributed by atoms with Gasteiger partial charge in [-0.25, -0.2) is 0 Å². The fourth-order valence-corrected chi connectivity index (χ4v) is 4.42. The molecule has 31 heavy (non-hydrogen) atoms. The number of rotatable bonds is 10. The van der Waals surface area contributed by atoms with E-state index < -0.39 is 0 Å². The van der Waals surface area contributed by atoms with Crippen LogP contribution in [0.5, 0.6) is 0 Å². The molecule has 1 heterocycles. The largest absolute Gasteiger partial charge is 0.352 e. The van der Waals surface area contributed by atoms with E-state index in [1.165, 1.54) is 18.4 Å². The number of carbonyl (C=O) groups is 1. The van der Waals surface area contributed by atoms with E-state index in [-0.39, 0.29) is 11.5 Å². The average Bonchev–Trinajstić information content (AvgIpc) is 2.79. The van der Waals surface area contributed by atoms with Gasteiger partial charge in [0, 0.05) is 18.7 Å². The van der Waals surface area contributed by atoms with E-state index in [0.29, 0.717) is 34.3 Å². The molecule has 0 saturated carbocycles. The molecule has 0 aliphatic heterocycles. The number of carbonyl (C=O) groups excluding carboxylic acids is 1. The standard InChI is InChI=1S/C24H34N4O2S/c1-3-27(4-2)15-8-14-25-22(29)19-11-12-20-21(17-19)26-24(31)28(23(20)30)16-13-18-9-6-5-7-10-18/h9,11-12,17H,3-8,10,13-16H2,1-2H3,(H,25,29)(H,26,31). The second-order valence-electron chi connectivity index (χ2n) is 8.14. The van der Waals surface area contributed by atoms with Gasteiger partial charge in [-0.15, -0.1) is 0 Å². The quantitative estimate of drug-likeness (QED) is 0.325. The van der Waals surface area contributed by atoms with Gasteiger partial charge in [0.25, 0.3) is 11.5 Å². The highest BCUT2D eigenvalue weighted by Crippen LogP contribution is 2.20. The number of allylic oxidation sites excluding steroid dienone is 2. The highest BCUT2D eigenvalue weighted by Gasteiger charge is 2.11. The van der Waals surface area contributed by atoms with Crippen LogP contribution in [0, 0.1) is 4.77 Å². The van der Waals surface area contributed by atoms with E-state index >= 15 is 0 Å². The average molecular weight is 443 g/mol. The summed E-state index contributed by atoms with van der Waals surface area (Å²) in [5, 5.41) is 3.53. The number of nitrogens with zero attached hydrogens (tertiary/aromatic N) is 2. The fraction of sp³-hybridized carbons (Fsp3) is 0.542. The summed E-state index contributed by atoms with van der Waals surface area (Å²) in [4.78, 5) is 31.0. The van der Waals surface area contributed by atoms with Gasteiger partial charge in [-0.2, -0.15) is 0 Å². The summed E-state index contributed by atoms with van der Waals surface area (Å²) < 4.78 is 2.05. The molecule has 0 fully saturated rings. The van der Waals surface area contributed by atoms with Crippen LogP contribution >= 0.6 is 12.2 Å². The van der Waals surface area contributed by atoms with Gasteiger partial charge in [0.2, 0.25) is 0 Å². The van der Waals surface area contributed by atoms with E-state index in [4.69, 9.17) is 12.2 Å². The number of amides is 1. The summed E-state index contributed by atoms with van der Waals surface area (Å²) in [5.74, 6) is -0.130. The number of aromatic amines is 1. The van der Waals surface area contributed by atoms with Crippen LogP contribution in [0.4, 0.5) is 0 Å². The zero-order valence-electron chi connectivity index (χ0n) is 18.7. The van der Waals surface area contributed by atoms with Crippen molar-refractivity contribution < 1.29 is 4.79 Å². The highest BCUT2D eigenvalue weighted by molar-refractivity contribution is 7.71. The predicted molar refractivity (Wildman–Crippen MR) is 129 cm³/mol. The molecule has 3 rings (SSSR count). The van der Waals surface area contributed by atoms with Crippen LogP contribution in [-0.2, 0) is 6.54 Å². The lowest BCUT2D eigenvalue weighted by molar-refractivity contribution is 0.0952. The van der Waals surface area contributed by atoms with E-state index in [2.05, 4.69) is 35.1 Å². The summed E-state index contributed by atoms with van der Waals surface area (Å²) in [6, 6.07) is 5.17. The molecule has 1 aromatic carbocycles.